The van der Waals surface area contributed by atoms with Crippen LogP contribution in [0, 0.1) is 0 Å². The first-order valence-electron chi connectivity index (χ1n) is 6.11. The summed E-state index contributed by atoms with van der Waals surface area (Å²) < 4.78 is 0. The minimum absolute atomic E-state index is 0.0727. The van der Waals surface area contributed by atoms with Crippen molar-refractivity contribution in [2.45, 2.75) is 19.4 Å². The SMILES string of the molecule is CN(CC(=O)N1CCCC1)c1ncc(CO)cn1. The lowest BCUT2D eigenvalue weighted by atomic mass is 10.4. The molecule has 1 aromatic heterocycles. The van der Waals surface area contributed by atoms with Gasteiger partial charge in [-0.1, -0.05) is 0 Å². The number of aliphatic hydroxyl groups is 1. The van der Waals surface area contributed by atoms with Crippen LogP contribution in [0.3, 0.4) is 0 Å². The van der Waals surface area contributed by atoms with Crippen LogP contribution in [0.5, 0.6) is 0 Å². The number of aliphatic hydroxyl groups excluding tert-OH is 1. The van der Waals surface area contributed by atoms with E-state index in [-0.39, 0.29) is 12.5 Å². The van der Waals surface area contributed by atoms with E-state index in [1.165, 1.54) is 0 Å². The van der Waals surface area contributed by atoms with Gasteiger partial charge in [0.05, 0.1) is 13.2 Å². The Balaban J connectivity index is 1.93. The largest absolute Gasteiger partial charge is 0.392 e. The summed E-state index contributed by atoms with van der Waals surface area (Å²) in [6.07, 6.45) is 5.33. The Bertz CT molecular complexity index is 401. The molecule has 0 atom stereocenters. The summed E-state index contributed by atoms with van der Waals surface area (Å²) in [7, 11) is 1.79. The molecule has 1 saturated heterocycles. The lowest BCUT2D eigenvalue weighted by Gasteiger charge is -2.21. The Morgan fingerprint density at radius 2 is 2.00 bits per heavy atom. The van der Waals surface area contributed by atoms with E-state index in [1.807, 2.05) is 4.90 Å². The third-order valence-electron chi connectivity index (χ3n) is 3.05. The zero-order valence-corrected chi connectivity index (χ0v) is 10.5. The zero-order valence-electron chi connectivity index (χ0n) is 10.5. The van der Waals surface area contributed by atoms with E-state index in [0.717, 1.165) is 25.9 Å². The second-order valence-electron chi connectivity index (χ2n) is 4.49. The molecule has 6 nitrogen and oxygen atoms in total. The molecule has 0 aromatic carbocycles. The molecule has 1 amide bonds. The lowest BCUT2D eigenvalue weighted by molar-refractivity contribution is -0.128. The Morgan fingerprint density at radius 3 is 2.56 bits per heavy atom. The molecule has 0 bridgehead atoms. The minimum Gasteiger partial charge on any atom is -0.392 e. The highest BCUT2D eigenvalue weighted by atomic mass is 16.3. The van der Waals surface area contributed by atoms with E-state index in [4.69, 9.17) is 5.11 Å². The summed E-state index contributed by atoms with van der Waals surface area (Å²) in [6, 6.07) is 0. The van der Waals surface area contributed by atoms with Gasteiger partial charge in [0.25, 0.3) is 0 Å². The van der Waals surface area contributed by atoms with Gasteiger partial charge in [-0.3, -0.25) is 4.79 Å². The van der Waals surface area contributed by atoms with Crippen molar-refractivity contribution in [3.8, 4) is 0 Å². The number of nitrogens with zero attached hydrogens (tertiary/aromatic N) is 4. The van der Waals surface area contributed by atoms with Gasteiger partial charge in [0.15, 0.2) is 0 Å². The average molecular weight is 250 g/mol. The maximum absolute atomic E-state index is 11.9. The molecule has 1 aromatic rings. The highest BCUT2D eigenvalue weighted by molar-refractivity contribution is 5.81. The molecular weight excluding hydrogens is 232 g/mol. The van der Waals surface area contributed by atoms with E-state index in [1.54, 1.807) is 24.3 Å². The summed E-state index contributed by atoms with van der Waals surface area (Å²) >= 11 is 0. The second kappa shape index (κ2) is 5.77. The lowest BCUT2D eigenvalue weighted by Crippen LogP contribution is -2.37. The van der Waals surface area contributed by atoms with Crippen LogP contribution in [0.1, 0.15) is 18.4 Å². The molecule has 2 rings (SSSR count). The normalized spacial score (nSPS) is 14.9. The monoisotopic (exact) mass is 250 g/mol. The van der Waals surface area contributed by atoms with E-state index < -0.39 is 0 Å². The van der Waals surface area contributed by atoms with Gasteiger partial charge < -0.3 is 14.9 Å². The van der Waals surface area contributed by atoms with Crippen LogP contribution in [0.25, 0.3) is 0 Å². The number of carbonyl (C=O) groups excluding carboxylic acids is 1. The van der Waals surface area contributed by atoms with Crippen LogP contribution in [0.2, 0.25) is 0 Å². The van der Waals surface area contributed by atoms with Crippen LogP contribution in [-0.4, -0.2) is 52.6 Å². The summed E-state index contributed by atoms with van der Waals surface area (Å²) in [5.41, 5.74) is 0.665. The highest BCUT2D eigenvalue weighted by Gasteiger charge is 2.19. The number of carbonyl (C=O) groups is 1. The Kier molecular flexibility index (Phi) is 4.09. The molecule has 0 radical (unpaired) electrons. The summed E-state index contributed by atoms with van der Waals surface area (Å²) in [6.45, 7) is 1.93. The second-order valence-corrected chi connectivity index (χ2v) is 4.49. The number of aromatic nitrogens is 2. The van der Waals surface area contributed by atoms with Gasteiger partial charge in [-0.15, -0.1) is 0 Å². The zero-order chi connectivity index (χ0) is 13.0. The van der Waals surface area contributed by atoms with E-state index in [2.05, 4.69) is 9.97 Å². The van der Waals surface area contributed by atoms with Gasteiger partial charge >= 0.3 is 0 Å². The van der Waals surface area contributed by atoms with Crippen molar-refractivity contribution >= 4 is 11.9 Å². The standard InChI is InChI=1S/C12H18N4O2/c1-15(8-11(18)16-4-2-3-5-16)12-13-6-10(9-17)7-14-12/h6-7,17H,2-5,8-9H2,1H3. The predicted molar refractivity (Wildman–Crippen MR) is 67.0 cm³/mol. The molecule has 6 heteroatoms. The van der Waals surface area contributed by atoms with E-state index in [9.17, 15) is 4.79 Å². The first kappa shape index (κ1) is 12.8. The molecule has 0 aliphatic carbocycles. The van der Waals surface area contributed by atoms with Crippen molar-refractivity contribution in [1.82, 2.24) is 14.9 Å². The van der Waals surface area contributed by atoms with Crippen molar-refractivity contribution in [1.29, 1.82) is 0 Å². The summed E-state index contributed by atoms with van der Waals surface area (Å²) in [5.74, 6) is 0.615. The van der Waals surface area contributed by atoms with Crippen molar-refractivity contribution in [3.05, 3.63) is 18.0 Å². The fraction of sp³-hybridized carbons (Fsp3) is 0.583. The number of rotatable bonds is 4. The number of likely N-dealkylation sites (tertiary alicyclic amines) is 1. The number of hydrogen-bond donors (Lipinski definition) is 1. The van der Waals surface area contributed by atoms with Gasteiger partial charge in [0.1, 0.15) is 0 Å². The molecule has 2 heterocycles. The molecule has 1 aliphatic heterocycles. The van der Waals surface area contributed by atoms with Crippen LogP contribution in [-0.2, 0) is 11.4 Å². The van der Waals surface area contributed by atoms with Crippen molar-refractivity contribution in [2.24, 2.45) is 0 Å². The molecule has 0 spiro atoms. The highest BCUT2D eigenvalue weighted by Crippen LogP contribution is 2.10. The number of likely N-dealkylation sites (N-methyl/N-ethyl adjacent to an activating group) is 1. The fourth-order valence-electron chi connectivity index (χ4n) is 1.97. The maximum Gasteiger partial charge on any atom is 0.242 e. The topological polar surface area (TPSA) is 69.6 Å². The molecule has 1 N–H and O–H groups in total. The molecule has 98 valence electrons. The van der Waals surface area contributed by atoms with Gasteiger partial charge in [-0.2, -0.15) is 0 Å². The quantitative estimate of drug-likeness (QED) is 0.816. The third-order valence-corrected chi connectivity index (χ3v) is 3.05. The number of hydrogen-bond acceptors (Lipinski definition) is 5. The summed E-state index contributed by atoms with van der Waals surface area (Å²) in [5, 5.41) is 8.90. The smallest absolute Gasteiger partial charge is 0.242 e. The molecule has 1 fully saturated rings. The molecule has 0 unspecified atom stereocenters. The molecule has 18 heavy (non-hydrogen) atoms. The van der Waals surface area contributed by atoms with Crippen LogP contribution >= 0.6 is 0 Å². The summed E-state index contributed by atoms with van der Waals surface area (Å²) in [4.78, 5) is 23.8. The van der Waals surface area contributed by atoms with Gasteiger partial charge in [-0.05, 0) is 12.8 Å². The Labute approximate surface area is 106 Å². The first-order valence-corrected chi connectivity index (χ1v) is 6.11. The Hall–Kier alpha value is -1.69. The fourth-order valence-corrected chi connectivity index (χ4v) is 1.97. The van der Waals surface area contributed by atoms with Crippen molar-refractivity contribution in [3.63, 3.8) is 0 Å². The van der Waals surface area contributed by atoms with Crippen molar-refractivity contribution < 1.29 is 9.90 Å². The number of anilines is 1. The van der Waals surface area contributed by atoms with Crippen molar-refractivity contribution in [2.75, 3.05) is 31.6 Å². The van der Waals surface area contributed by atoms with Gasteiger partial charge in [0, 0.05) is 38.1 Å². The number of amides is 1. The van der Waals surface area contributed by atoms with Crippen LogP contribution in [0.15, 0.2) is 12.4 Å². The van der Waals surface area contributed by atoms with Gasteiger partial charge in [0.2, 0.25) is 11.9 Å². The average Bonchev–Trinajstić information content (AvgIpc) is 2.92. The Morgan fingerprint density at radius 1 is 1.39 bits per heavy atom. The third kappa shape index (κ3) is 2.95. The predicted octanol–water partition coefficient (Wildman–Crippen LogP) is 0.0275. The van der Waals surface area contributed by atoms with E-state index >= 15 is 0 Å². The first-order chi connectivity index (χ1) is 8.70. The maximum atomic E-state index is 11.9. The minimum atomic E-state index is -0.0727. The molecular formula is C12H18N4O2. The van der Waals surface area contributed by atoms with Gasteiger partial charge in [-0.25, -0.2) is 9.97 Å². The molecule has 1 aliphatic rings. The van der Waals surface area contributed by atoms with E-state index in [0.29, 0.717) is 18.1 Å². The van der Waals surface area contributed by atoms with Crippen LogP contribution in [0.4, 0.5) is 5.95 Å². The molecule has 0 saturated carbocycles. The van der Waals surface area contributed by atoms with Crippen LogP contribution < -0.4 is 4.90 Å².